The van der Waals surface area contributed by atoms with Crippen molar-refractivity contribution in [3.05, 3.63) is 30.2 Å². The first-order chi connectivity index (χ1) is 11.6. The average Bonchev–Trinajstić information content (AvgIpc) is 2.60. The zero-order valence-corrected chi connectivity index (χ0v) is 14.5. The molecule has 2 aromatic rings. The highest BCUT2D eigenvalue weighted by Gasteiger charge is 2.40. The van der Waals surface area contributed by atoms with Gasteiger partial charge in [-0.2, -0.15) is 0 Å². The van der Waals surface area contributed by atoms with Crippen molar-refractivity contribution in [2.24, 2.45) is 11.8 Å². The minimum atomic E-state index is -0.477. The van der Waals surface area contributed by atoms with Crippen LogP contribution in [0.2, 0.25) is 0 Å². The third-order valence-corrected chi connectivity index (χ3v) is 4.93. The SMILES string of the molecule is CC[C@H](C)C(=O)N[C@]1(c2ccnc3nccnc23)CNC[C@@H](C)C1. The van der Waals surface area contributed by atoms with E-state index >= 15 is 0 Å². The van der Waals surface area contributed by atoms with Gasteiger partial charge in [0.1, 0.15) is 5.52 Å². The normalized spacial score (nSPS) is 25.4. The van der Waals surface area contributed by atoms with Gasteiger partial charge in [0, 0.05) is 36.6 Å². The summed E-state index contributed by atoms with van der Waals surface area (Å²) in [6.07, 6.45) is 6.77. The van der Waals surface area contributed by atoms with Gasteiger partial charge >= 0.3 is 0 Å². The van der Waals surface area contributed by atoms with Gasteiger partial charge in [0.05, 0.1) is 5.54 Å². The number of carbonyl (C=O) groups excluding carboxylic acids is 1. The Morgan fingerprint density at radius 3 is 2.88 bits per heavy atom. The van der Waals surface area contributed by atoms with Crippen LogP contribution < -0.4 is 10.6 Å². The van der Waals surface area contributed by atoms with E-state index in [4.69, 9.17) is 0 Å². The third-order valence-electron chi connectivity index (χ3n) is 4.93. The molecule has 128 valence electrons. The Labute approximate surface area is 142 Å². The van der Waals surface area contributed by atoms with Gasteiger partial charge in [0.15, 0.2) is 5.65 Å². The highest BCUT2D eigenvalue weighted by atomic mass is 16.2. The summed E-state index contributed by atoms with van der Waals surface area (Å²) in [6.45, 7) is 7.84. The number of rotatable bonds is 4. The van der Waals surface area contributed by atoms with Crippen molar-refractivity contribution in [2.75, 3.05) is 13.1 Å². The number of pyridine rings is 1. The van der Waals surface area contributed by atoms with Crippen LogP contribution >= 0.6 is 0 Å². The number of nitrogens with zero attached hydrogens (tertiary/aromatic N) is 3. The van der Waals surface area contributed by atoms with Crippen LogP contribution in [0.1, 0.15) is 39.2 Å². The van der Waals surface area contributed by atoms with Crippen molar-refractivity contribution in [2.45, 2.75) is 39.2 Å². The van der Waals surface area contributed by atoms with Gasteiger partial charge < -0.3 is 10.6 Å². The standard InChI is InChI=1S/C18H25N5O/c1-4-13(3)17(24)23-18(9-12(2)10-19-11-18)14-5-6-21-16-15(14)20-7-8-22-16/h5-8,12-13,19H,4,9-11H2,1-3H3,(H,23,24)/t12-,13-,18-/m0/s1. The van der Waals surface area contributed by atoms with Crippen LogP contribution in [0.15, 0.2) is 24.7 Å². The lowest BCUT2D eigenvalue weighted by Gasteiger charge is -2.42. The monoisotopic (exact) mass is 327 g/mol. The number of carbonyl (C=O) groups is 1. The molecule has 2 aromatic heterocycles. The molecule has 3 heterocycles. The van der Waals surface area contributed by atoms with Crippen LogP contribution in [-0.4, -0.2) is 33.9 Å². The molecule has 1 saturated heterocycles. The van der Waals surface area contributed by atoms with Crippen LogP contribution in [0, 0.1) is 11.8 Å². The summed E-state index contributed by atoms with van der Waals surface area (Å²) in [5.74, 6) is 0.524. The summed E-state index contributed by atoms with van der Waals surface area (Å²) in [6, 6.07) is 1.97. The quantitative estimate of drug-likeness (QED) is 0.898. The molecule has 1 amide bonds. The molecule has 0 saturated carbocycles. The van der Waals surface area contributed by atoms with Gasteiger partial charge in [-0.1, -0.05) is 20.8 Å². The van der Waals surface area contributed by atoms with Crippen LogP contribution in [0.4, 0.5) is 0 Å². The molecule has 0 aliphatic carbocycles. The van der Waals surface area contributed by atoms with Crippen molar-refractivity contribution < 1.29 is 4.79 Å². The summed E-state index contributed by atoms with van der Waals surface area (Å²) in [5, 5.41) is 6.79. The van der Waals surface area contributed by atoms with Crippen LogP contribution in [0.25, 0.3) is 11.2 Å². The molecule has 0 unspecified atom stereocenters. The smallest absolute Gasteiger partial charge is 0.223 e. The fourth-order valence-corrected chi connectivity index (χ4v) is 3.45. The molecule has 0 radical (unpaired) electrons. The summed E-state index contributed by atoms with van der Waals surface area (Å²) in [5.41, 5.74) is 1.90. The van der Waals surface area contributed by atoms with Crippen LogP contribution in [0.5, 0.6) is 0 Å². The lowest BCUT2D eigenvalue weighted by molar-refractivity contribution is -0.127. The molecule has 0 aromatic carbocycles. The largest absolute Gasteiger partial charge is 0.345 e. The maximum absolute atomic E-state index is 12.7. The number of hydrogen-bond donors (Lipinski definition) is 2. The number of fused-ring (bicyclic) bond motifs is 1. The van der Waals surface area contributed by atoms with E-state index in [9.17, 15) is 4.79 Å². The van der Waals surface area contributed by atoms with E-state index in [2.05, 4.69) is 32.5 Å². The summed E-state index contributed by atoms with van der Waals surface area (Å²) < 4.78 is 0. The van der Waals surface area contributed by atoms with Crippen LogP contribution in [0.3, 0.4) is 0 Å². The highest BCUT2D eigenvalue weighted by Crippen LogP contribution is 2.34. The van der Waals surface area contributed by atoms with Crippen LogP contribution in [-0.2, 0) is 10.3 Å². The fraction of sp³-hybridized carbons (Fsp3) is 0.556. The Morgan fingerprint density at radius 1 is 1.38 bits per heavy atom. The van der Waals surface area contributed by atoms with E-state index in [1.165, 1.54) is 0 Å². The summed E-state index contributed by atoms with van der Waals surface area (Å²) >= 11 is 0. The second-order valence-corrected chi connectivity index (χ2v) is 6.91. The lowest BCUT2D eigenvalue weighted by atomic mass is 9.78. The summed E-state index contributed by atoms with van der Waals surface area (Å²) in [4.78, 5) is 25.8. The van der Waals surface area contributed by atoms with Gasteiger partial charge in [-0.05, 0) is 31.4 Å². The third kappa shape index (κ3) is 3.11. The Balaban J connectivity index is 2.08. The maximum Gasteiger partial charge on any atom is 0.223 e. The second-order valence-electron chi connectivity index (χ2n) is 6.91. The number of nitrogens with one attached hydrogen (secondary N) is 2. The number of amides is 1. The Bertz CT molecular complexity index is 729. The Hall–Kier alpha value is -2.08. The molecule has 6 heteroatoms. The van der Waals surface area contributed by atoms with Crippen molar-refractivity contribution in [3.8, 4) is 0 Å². The maximum atomic E-state index is 12.7. The minimum absolute atomic E-state index is 0.0155. The lowest BCUT2D eigenvalue weighted by Crippen LogP contribution is -2.58. The van der Waals surface area contributed by atoms with E-state index in [0.717, 1.165) is 30.5 Å². The topological polar surface area (TPSA) is 79.8 Å². The van der Waals surface area contributed by atoms with E-state index in [1.54, 1.807) is 18.6 Å². The Kier molecular flexibility index (Phi) is 4.76. The fourth-order valence-electron chi connectivity index (χ4n) is 3.45. The van der Waals surface area contributed by atoms with Gasteiger partial charge in [0.2, 0.25) is 5.91 Å². The molecular weight excluding hydrogens is 302 g/mol. The molecule has 1 aliphatic heterocycles. The molecule has 1 fully saturated rings. The van der Waals surface area contributed by atoms with Crippen molar-refractivity contribution >= 4 is 17.1 Å². The second kappa shape index (κ2) is 6.81. The van der Waals surface area contributed by atoms with Crippen molar-refractivity contribution in [1.82, 2.24) is 25.6 Å². The molecule has 24 heavy (non-hydrogen) atoms. The molecule has 0 spiro atoms. The number of hydrogen-bond acceptors (Lipinski definition) is 5. The molecular formula is C18H25N5O. The molecule has 3 rings (SSSR count). The van der Waals surface area contributed by atoms with Crippen molar-refractivity contribution in [3.63, 3.8) is 0 Å². The van der Waals surface area contributed by atoms with Gasteiger partial charge in [0.25, 0.3) is 0 Å². The van der Waals surface area contributed by atoms with E-state index < -0.39 is 5.54 Å². The predicted molar refractivity (Wildman–Crippen MR) is 93.3 cm³/mol. The zero-order chi connectivity index (χ0) is 17.2. The number of piperidine rings is 1. The molecule has 6 nitrogen and oxygen atoms in total. The van der Waals surface area contributed by atoms with E-state index in [1.807, 2.05) is 19.9 Å². The molecule has 2 N–H and O–H groups in total. The first-order valence-corrected chi connectivity index (χ1v) is 8.64. The molecule has 0 bridgehead atoms. The minimum Gasteiger partial charge on any atom is -0.345 e. The Morgan fingerprint density at radius 2 is 2.12 bits per heavy atom. The van der Waals surface area contributed by atoms with E-state index in [-0.39, 0.29) is 11.8 Å². The molecule has 3 atom stereocenters. The predicted octanol–water partition coefficient (Wildman–Crippen LogP) is 2.01. The molecule has 1 aliphatic rings. The van der Waals surface area contributed by atoms with Gasteiger partial charge in [-0.25, -0.2) is 9.97 Å². The average molecular weight is 327 g/mol. The number of aromatic nitrogens is 3. The van der Waals surface area contributed by atoms with Gasteiger partial charge in [-0.15, -0.1) is 0 Å². The highest BCUT2D eigenvalue weighted by molar-refractivity contribution is 5.81. The van der Waals surface area contributed by atoms with Gasteiger partial charge in [-0.3, -0.25) is 9.78 Å². The first-order valence-electron chi connectivity index (χ1n) is 8.64. The summed E-state index contributed by atoms with van der Waals surface area (Å²) in [7, 11) is 0. The van der Waals surface area contributed by atoms with E-state index in [0.29, 0.717) is 18.1 Å². The zero-order valence-electron chi connectivity index (χ0n) is 14.5. The van der Waals surface area contributed by atoms with Crippen molar-refractivity contribution in [1.29, 1.82) is 0 Å². The first kappa shape index (κ1) is 16.8.